The fourth-order valence-electron chi connectivity index (χ4n) is 1.27. The van der Waals surface area contributed by atoms with E-state index in [0.717, 1.165) is 10.2 Å². The quantitative estimate of drug-likeness (QED) is 0.836. The molecule has 0 saturated carbocycles. The van der Waals surface area contributed by atoms with Gasteiger partial charge < -0.3 is 9.47 Å². The number of halogens is 1. The Kier molecular flexibility index (Phi) is 4.61. The van der Waals surface area contributed by atoms with Gasteiger partial charge in [-0.05, 0) is 44.0 Å². The number of rotatable bonds is 4. The van der Waals surface area contributed by atoms with Crippen molar-refractivity contribution in [1.82, 2.24) is 0 Å². The molecule has 1 rings (SSSR count). The van der Waals surface area contributed by atoms with Crippen LogP contribution in [0.1, 0.15) is 18.1 Å². The van der Waals surface area contributed by atoms with Crippen molar-refractivity contribution >= 4 is 15.9 Å². The number of hydrogen-bond acceptors (Lipinski definition) is 2. The van der Waals surface area contributed by atoms with Gasteiger partial charge in [0.25, 0.3) is 0 Å². The van der Waals surface area contributed by atoms with E-state index in [1.165, 1.54) is 11.1 Å². The molecule has 0 amide bonds. The summed E-state index contributed by atoms with van der Waals surface area (Å²) in [4.78, 5) is 0. The zero-order valence-electron chi connectivity index (χ0n) is 9.63. The molecule has 1 atom stereocenters. The van der Waals surface area contributed by atoms with Gasteiger partial charge in [0.05, 0.1) is 6.10 Å². The van der Waals surface area contributed by atoms with Crippen LogP contribution in [0.3, 0.4) is 0 Å². The van der Waals surface area contributed by atoms with Crippen LogP contribution in [-0.4, -0.2) is 19.8 Å². The topological polar surface area (TPSA) is 18.5 Å². The van der Waals surface area contributed by atoms with Crippen molar-refractivity contribution in [3.63, 3.8) is 0 Å². The fraction of sp³-hybridized carbons (Fsp3) is 0.500. The molecular weight excluding hydrogens is 256 g/mol. The van der Waals surface area contributed by atoms with Crippen molar-refractivity contribution in [3.05, 3.63) is 27.7 Å². The van der Waals surface area contributed by atoms with Gasteiger partial charge in [0, 0.05) is 11.6 Å². The van der Waals surface area contributed by atoms with E-state index >= 15 is 0 Å². The van der Waals surface area contributed by atoms with Gasteiger partial charge in [0.15, 0.2) is 0 Å². The molecule has 0 saturated heterocycles. The van der Waals surface area contributed by atoms with E-state index in [1.807, 2.05) is 19.1 Å². The molecule has 3 heteroatoms. The third-order valence-electron chi connectivity index (χ3n) is 2.30. The first-order chi connectivity index (χ1) is 7.04. The van der Waals surface area contributed by atoms with E-state index in [1.54, 1.807) is 7.11 Å². The van der Waals surface area contributed by atoms with E-state index in [9.17, 15) is 0 Å². The van der Waals surface area contributed by atoms with Gasteiger partial charge >= 0.3 is 0 Å². The van der Waals surface area contributed by atoms with Gasteiger partial charge in [0.2, 0.25) is 0 Å². The molecule has 0 bridgehead atoms. The number of benzene rings is 1. The van der Waals surface area contributed by atoms with Crippen LogP contribution in [0.25, 0.3) is 0 Å². The molecule has 0 aliphatic carbocycles. The average Bonchev–Trinajstić information content (AvgIpc) is 2.22. The smallest absolute Gasteiger partial charge is 0.120 e. The van der Waals surface area contributed by atoms with Crippen molar-refractivity contribution < 1.29 is 9.47 Å². The van der Waals surface area contributed by atoms with Crippen molar-refractivity contribution in [2.24, 2.45) is 0 Å². The highest BCUT2D eigenvalue weighted by Gasteiger charge is 2.05. The molecule has 15 heavy (non-hydrogen) atoms. The molecule has 0 aliphatic heterocycles. The van der Waals surface area contributed by atoms with Gasteiger partial charge in [-0.3, -0.25) is 0 Å². The van der Waals surface area contributed by atoms with E-state index < -0.39 is 0 Å². The van der Waals surface area contributed by atoms with Crippen LogP contribution in [-0.2, 0) is 4.74 Å². The van der Waals surface area contributed by atoms with E-state index in [-0.39, 0.29) is 6.10 Å². The summed E-state index contributed by atoms with van der Waals surface area (Å²) >= 11 is 3.53. The minimum Gasteiger partial charge on any atom is -0.491 e. The molecule has 0 spiro atoms. The first kappa shape index (κ1) is 12.5. The maximum atomic E-state index is 5.63. The highest BCUT2D eigenvalue weighted by Crippen LogP contribution is 2.26. The van der Waals surface area contributed by atoms with Crippen molar-refractivity contribution in [1.29, 1.82) is 0 Å². The highest BCUT2D eigenvalue weighted by molar-refractivity contribution is 9.10. The Hall–Kier alpha value is -0.540. The minimum absolute atomic E-state index is 0.120. The van der Waals surface area contributed by atoms with E-state index in [0.29, 0.717) is 6.61 Å². The molecule has 0 aromatic heterocycles. The maximum absolute atomic E-state index is 5.63. The standard InChI is InChI=1S/C12H17BrO2/c1-8-5-11(6-9(2)12(8)13)15-7-10(3)14-4/h5-6,10H,7H2,1-4H3. The van der Waals surface area contributed by atoms with Crippen molar-refractivity contribution in [2.45, 2.75) is 26.9 Å². The summed E-state index contributed by atoms with van der Waals surface area (Å²) in [5, 5.41) is 0. The predicted molar refractivity (Wildman–Crippen MR) is 65.6 cm³/mol. The second kappa shape index (κ2) is 5.52. The first-order valence-corrected chi connectivity index (χ1v) is 5.76. The van der Waals surface area contributed by atoms with Crippen LogP contribution >= 0.6 is 15.9 Å². The van der Waals surface area contributed by atoms with Gasteiger partial charge in [-0.15, -0.1) is 0 Å². The largest absolute Gasteiger partial charge is 0.491 e. The predicted octanol–water partition coefficient (Wildman–Crippen LogP) is 3.48. The monoisotopic (exact) mass is 272 g/mol. The molecule has 84 valence electrons. The average molecular weight is 273 g/mol. The summed E-state index contributed by atoms with van der Waals surface area (Å²) in [7, 11) is 1.69. The molecule has 2 nitrogen and oxygen atoms in total. The van der Waals surface area contributed by atoms with Crippen molar-refractivity contribution in [3.8, 4) is 5.75 Å². The van der Waals surface area contributed by atoms with Crippen LogP contribution in [0.2, 0.25) is 0 Å². The second-order valence-corrected chi connectivity index (χ2v) is 4.52. The molecule has 1 aromatic rings. The Morgan fingerprint density at radius 3 is 2.27 bits per heavy atom. The SMILES string of the molecule is COC(C)COc1cc(C)c(Br)c(C)c1. The minimum atomic E-state index is 0.120. The molecule has 0 aliphatic rings. The van der Waals surface area contributed by atoms with Crippen LogP contribution < -0.4 is 4.74 Å². The lowest BCUT2D eigenvalue weighted by Crippen LogP contribution is -2.16. The van der Waals surface area contributed by atoms with Crippen LogP contribution in [0.4, 0.5) is 0 Å². The Labute approximate surface area is 99.7 Å². The number of hydrogen-bond donors (Lipinski definition) is 0. The number of ether oxygens (including phenoxy) is 2. The van der Waals surface area contributed by atoms with Gasteiger partial charge in [-0.2, -0.15) is 0 Å². The number of methoxy groups -OCH3 is 1. The Morgan fingerprint density at radius 2 is 1.80 bits per heavy atom. The summed E-state index contributed by atoms with van der Waals surface area (Å²) < 4.78 is 11.9. The molecule has 1 unspecified atom stereocenters. The molecule has 1 aromatic carbocycles. The van der Waals surface area contributed by atoms with E-state index in [4.69, 9.17) is 9.47 Å². The lowest BCUT2D eigenvalue weighted by Gasteiger charge is -2.13. The van der Waals surface area contributed by atoms with Crippen LogP contribution in [0.5, 0.6) is 5.75 Å². The summed E-state index contributed by atoms with van der Waals surface area (Å²) in [6, 6.07) is 4.05. The zero-order chi connectivity index (χ0) is 11.4. The maximum Gasteiger partial charge on any atom is 0.120 e. The zero-order valence-corrected chi connectivity index (χ0v) is 11.2. The Balaban J connectivity index is 2.70. The van der Waals surface area contributed by atoms with Gasteiger partial charge in [-0.1, -0.05) is 15.9 Å². The fourth-order valence-corrected chi connectivity index (χ4v) is 1.50. The molecular formula is C12H17BrO2. The van der Waals surface area contributed by atoms with Crippen molar-refractivity contribution in [2.75, 3.05) is 13.7 Å². The van der Waals surface area contributed by atoms with E-state index in [2.05, 4.69) is 29.8 Å². The summed E-state index contributed by atoms with van der Waals surface area (Å²) in [5.41, 5.74) is 2.38. The highest BCUT2D eigenvalue weighted by atomic mass is 79.9. The molecule has 0 fully saturated rings. The third-order valence-corrected chi connectivity index (χ3v) is 3.55. The Morgan fingerprint density at radius 1 is 1.27 bits per heavy atom. The second-order valence-electron chi connectivity index (χ2n) is 3.73. The normalized spacial score (nSPS) is 12.6. The summed E-state index contributed by atoms with van der Waals surface area (Å²) in [5.74, 6) is 0.900. The third kappa shape index (κ3) is 3.50. The lowest BCUT2D eigenvalue weighted by molar-refractivity contribution is 0.0716. The van der Waals surface area contributed by atoms with Crippen LogP contribution in [0.15, 0.2) is 16.6 Å². The van der Waals surface area contributed by atoms with Crippen LogP contribution in [0, 0.1) is 13.8 Å². The first-order valence-electron chi connectivity index (χ1n) is 4.97. The molecule has 0 radical (unpaired) electrons. The lowest BCUT2D eigenvalue weighted by atomic mass is 10.1. The molecule has 0 heterocycles. The van der Waals surface area contributed by atoms with Gasteiger partial charge in [-0.25, -0.2) is 0 Å². The summed E-state index contributed by atoms with van der Waals surface area (Å²) in [6.07, 6.45) is 0.120. The Bertz CT molecular complexity index is 313. The molecule has 0 N–H and O–H groups in total. The number of aryl methyl sites for hydroxylation is 2. The summed E-state index contributed by atoms with van der Waals surface area (Å²) in [6.45, 7) is 6.68. The van der Waals surface area contributed by atoms with Gasteiger partial charge in [0.1, 0.15) is 12.4 Å².